The highest BCUT2D eigenvalue weighted by Gasteiger charge is 2.14. The predicted molar refractivity (Wildman–Crippen MR) is 73.7 cm³/mol. The molecule has 1 saturated carbocycles. The number of nitro groups is 1. The Morgan fingerprint density at radius 2 is 2.05 bits per heavy atom. The fourth-order valence-electron chi connectivity index (χ4n) is 2.56. The Labute approximate surface area is 112 Å². The normalized spacial score (nSPS) is 16.4. The molecular formula is C14H20N2O3. The summed E-state index contributed by atoms with van der Waals surface area (Å²) in [4.78, 5) is 10.2. The van der Waals surface area contributed by atoms with Crippen molar-refractivity contribution < 1.29 is 9.66 Å². The van der Waals surface area contributed by atoms with E-state index >= 15 is 0 Å². The lowest BCUT2D eigenvalue weighted by Gasteiger charge is -2.21. The van der Waals surface area contributed by atoms with Gasteiger partial charge in [0.1, 0.15) is 5.69 Å². The highest BCUT2D eigenvalue weighted by Crippen LogP contribution is 2.25. The van der Waals surface area contributed by atoms with E-state index in [4.69, 9.17) is 10.5 Å². The number of nitrogens with two attached hydrogens (primary N) is 1. The molecule has 1 fully saturated rings. The molecule has 0 unspecified atom stereocenters. The van der Waals surface area contributed by atoms with Crippen molar-refractivity contribution in [3.8, 4) is 0 Å². The van der Waals surface area contributed by atoms with Crippen LogP contribution in [0.1, 0.15) is 37.7 Å². The topological polar surface area (TPSA) is 78.4 Å². The molecule has 1 aromatic rings. The molecule has 2 rings (SSSR count). The van der Waals surface area contributed by atoms with Crippen molar-refractivity contribution in [3.63, 3.8) is 0 Å². The van der Waals surface area contributed by atoms with Gasteiger partial charge in [0, 0.05) is 12.7 Å². The molecule has 19 heavy (non-hydrogen) atoms. The molecule has 0 amide bonds. The van der Waals surface area contributed by atoms with Gasteiger partial charge in [-0.3, -0.25) is 10.1 Å². The number of hydrogen-bond acceptors (Lipinski definition) is 4. The predicted octanol–water partition coefficient (Wildman–Crippen LogP) is 3.27. The van der Waals surface area contributed by atoms with E-state index in [0.29, 0.717) is 12.5 Å². The van der Waals surface area contributed by atoms with Crippen LogP contribution in [0.25, 0.3) is 0 Å². The van der Waals surface area contributed by atoms with Crippen molar-refractivity contribution >= 4 is 11.4 Å². The maximum atomic E-state index is 10.6. The second kappa shape index (κ2) is 6.52. The lowest BCUT2D eigenvalue weighted by molar-refractivity contribution is -0.383. The fraction of sp³-hybridized carbons (Fsp3) is 0.571. The number of nitro benzene ring substituents is 1. The average Bonchev–Trinajstić information content (AvgIpc) is 2.39. The maximum absolute atomic E-state index is 10.6. The SMILES string of the molecule is Nc1cc(COCC2CCCCC2)ccc1[N+](=O)[O-]. The molecule has 0 radical (unpaired) electrons. The summed E-state index contributed by atoms with van der Waals surface area (Å²) in [7, 11) is 0. The highest BCUT2D eigenvalue weighted by atomic mass is 16.6. The van der Waals surface area contributed by atoms with Crippen molar-refractivity contribution in [2.45, 2.75) is 38.7 Å². The molecule has 1 aliphatic carbocycles. The summed E-state index contributed by atoms with van der Waals surface area (Å²) in [6.45, 7) is 1.25. The van der Waals surface area contributed by atoms with Gasteiger partial charge in [0.05, 0.1) is 11.5 Å². The third-order valence-corrected chi connectivity index (χ3v) is 3.64. The number of nitrogen functional groups attached to an aromatic ring is 1. The van der Waals surface area contributed by atoms with E-state index in [1.807, 2.05) is 0 Å². The van der Waals surface area contributed by atoms with Crippen LogP contribution in [0.5, 0.6) is 0 Å². The Morgan fingerprint density at radius 1 is 1.32 bits per heavy atom. The van der Waals surface area contributed by atoms with E-state index in [1.165, 1.54) is 38.2 Å². The number of nitrogens with zero attached hydrogens (tertiary/aromatic N) is 1. The Morgan fingerprint density at radius 3 is 2.68 bits per heavy atom. The fourth-order valence-corrected chi connectivity index (χ4v) is 2.56. The molecule has 0 heterocycles. The number of rotatable bonds is 5. The number of hydrogen-bond donors (Lipinski definition) is 1. The maximum Gasteiger partial charge on any atom is 0.292 e. The molecule has 5 nitrogen and oxygen atoms in total. The zero-order chi connectivity index (χ0) is 13.7. The first-order valence-corrected chi connectivity index (χ1v) is 6.77. The van der Waals surface area contributed by atoms with E-state index in [0.717, 1.165) is 12.2 Å². The van der Waals surface area contributed by atoms with Gasteiger partial charge < -0.3 is 10.5 Å². The van der Waals surface area contributed by atoms with Crippen molar-refractivity contribution in [1.29, 1.82) is 0 Å². The summed E-state index contributed by atoms with van der Waals surface area (Å²) in [5, 5.41) is 10.6. The van der Waals surface area contributed by atoms with Gasteiger partial charge in [0.25, 0.3) is 5.69 Å². The minimum Gasteiger partial charge on any atom is -0.393 e. The van der Waals surface area contributed by atoms with Crippen LogP contribution in [0, 0.1) is 16.0 Å². The van der Waals surface area contributed by atoms with Crippen molar-refractivity contribution in [1.82, 2.24) is 0 Å². The van der Waals surface area contributed by atoms with E-state index in [1.54, 1.807) is 12.1 Å². The molecule has 0 bridgehead atoms. The van der Waals surface area contributed by atoms with Crippen molar-refractivity contribution in [3.05, 3.63) is 33.9 Å². The second-order valence-electron chi connectivity index (χ2n) is 5.17. The zero-order valence-corrected chi connectivity index (χ0v) is 11.0. The summed E-state index contributed by atoms with van der Waals surface area (Å²) in [6, 6.07) is 4.77. The molecule has 1 aromatic carbocycles. The highest BCUT2D eigenvalue weighted by molar-refractivity contribution is 5.59. The van der Waals surface area contributed by atoms with E-state index in [2.05, 4.69) is 0 Å². The summed E-state index contributed by atoms with van der Waals surface area (Å²) < 4.78 is 5.69. The van der Waals surface area contributed by atoms with Gasteiger partial charge in [-0.15, -0.1) is 0 Å². The minimum absolute atomic E-state index is 0.0453. The Kier molecular flexibility index (Phi) is 4.74. The van der Waals surface area contributed by atoms with Crippen molar-refractivity contribution in [2.75, 3.05) is 12.3 Å². The quantitative estimate of drug-likeness (QED) is 0.503. The molecule has 0 atom stereocenters. The third-order valence-electron chi connectivity index (χ3n) is 3.64. The molecule has 0 aliphatic heterocycles. The molecule has 5 heteroatoms. The number of anilines is 1. The smallest absolute Gasteiger partial charge is 0.292 e. The molecule has 104 valence electrons. The number of benzene rings is 1. The monoisotopic (exact) mass is 264 g/mol. The van der Waals surface area contributed by atoms with Crippen LogP contribution in [0.2, 0.25) is 0 Å². The Balaban J connectivity index is 1.82. The zero-order valence-electron chi connectivity index (χ0n) is 11.0. The van der Waals surface area contributed by atoms with E-state index in [-0.39, 0.29) is 11.4 Å². The molecular weight excluding hydrogens is 244 g/mol. The van der Waals surface area contributed by atoms with Crippen molar-refractivity contribution in [2.24, 2.45) is 5.92 Å². The molecule has 0 saturated heterocycles. The third kappa shape index (κ3) is 3.92. The lowest BCUT2D eigenvalue weighted by atomic mass is 9.90. The second-order valence-corrected chi connectivity index (χ2v) is 5.17. The van der Waals surface area contributed by atoms with Gasteiger partial charge in [-0.2, -0.15) is 0 Å². The minimum atomic E-state index is -0.470. The molecule has 2 N–H and O–H groups in total. The summed E-state index contributed by atoms with van der Waals surface area (Å²) >= 11 is 0. The average molecular weight is 264 g/mol. The Bertz CT molecular complexity index is 442. The summed E-state index contributed by atoms with van der Waals surface area (Å²) in [5.74, 6) is 0.671. The first kappa shape index (κ1) is 13.8. The van der Waals surface area contributed by atoms with Gasteiger partial charge in [0.15, 0.2) is 0 Å². The lowest BCUT2D eigenvalue weighted by Crippen LogP contribution is -2.13. The van der Waals surface area contributed by atoms with Crippen LogP contribution < -0.4 is 5.73 Å². The van der Waals surface area contributed by atoms with Gasteiger partial charge in [-0.1, -0.05) is 19.3 Å². The van der Waals surface area contributed by atoms with Gasteiger partial charge in [-0.05, 0) is 36.5 Å². The van der Waals surface area contributed by atoms with Crippen LogP contribution in [-0.4, -0.2) is 11.5 Å². The summed E-state index contributed by atoms with van der Waals surface area (Å²) in [6.07, 6.45) is 6.46. The van der Waals surface area contributed by atoms with E-state index in [9.17, 15) is 10.1 Å². The van der Waals surface area contributed by atoms with Gasteiger partial charge >= 0.3 is 0 Å². The standard InChI is InChI=1S/C14H20N2O3/c15-13-8-12(6-7-14(13)16(17)18)10-19-9-11-4-2-1-3-5-11/h6-8,11H,1-5,9-10,15H2. The van der Waals surface area contributed by atoms with E-state index < -0.39 is 4.92 Å². The summed E-state index contributed by atoms with van der Waals surface area (Å²) in [5.41, 5.74) is 6.68. The van der Waals surface area contributed by atoms with Crippen LogP contribution in [-0.2, 0) is 11.3 Å². The molecule has 1 aliphatic rings. The van der Waals surface area contributed by atoms with Crippen LogP contribution in [0.4, 0.5) is 11.4 Å². The number of ether oxygens (including phenoxy) is 1. The van der Waals surface area contributed by atoms with Gasteiger partial charge in [0.2, 0.25) is 0 Å². The van der Waals surface area contributed by atoms with Crippen LogP contribution >= 0.6 is 0 Å². The largest absolute Gasteiger partial charge is 0.393 e. The van der Waals surface area contributed by atoms with Gasteiger partial charge in [-0.25, -0.2) is 0 Å². The molecule has 0 spiro atoms. The Hall–Kier alpha value is -1.62. The first-order chi connectivity index (χ1) is 9.16. The van der Waals surface area contributed by atoms with Crippen LogP contribution in [0.3, 0.4) is 0 Å². The van der Waals surface area contributed by atoms with Crippen LogP contribution in [0.15, 0.2) is 18.2 Å². The molecule has 0 aromatic heterocycles. The first-order valence-electron chi connectivity index (χ1n) is 6.77.